The van der Waals surface area contributed by atoms with Gasteiger partial charge in [0.1, 0.15) is 5.69 Å². The number of hydrogen-bond acceptors (Lipinski definition) is 6. The van der Waals surface area contributed by atoms with Crippen LogP contribution >= 0.6 is 0 Å². The highest BCUT2D eigenvalue weighted by Gasteiger charge is 2.30. The van der Waals surface area contributed by atoms with Crippen molar-refractivity contribution in [2.75, 3.05) is 40.4 Å². The largest absolute Gasteiger partial charge is 0.379 e. The van der Waals surface area contributed by atoms with Gasteiger partial charge in [-0.15, -0.1) is 5.10 Å². The fourth-order valence-corrected chi connectivity index (χ4v) is 3.23. The van der Waals surface area contributed by atoms with Crippen LogP contribution in [0, 0.1) is 0 Å². The van der Waals surface area contributed by atoms with Crippen molar-refractivity contribution >= 4 is 0 Å². The molecule has 0 aliphatic carbocycles. The van der Waals surface area contributed by atoms with E-state index in [0.29, 0.717) is 12.5 Å². The third-order valence-corrected chi connectivity index (χ3v) is 4.35. The minimum atomic E-state index is 0.299. The monoisotopic (exact) mass is 333 g/mol. The predicted molar refractivity (Wildman–Crippen MR) is 90.4 cm³/mol. The molecule has 24 heavy (non-hydrogen) atoms. The van der Waals surface area contributed by atoms with E-state index in [4.69, 9.17) is 4.74 Å². The van der Waals surface area contributed by atoms with Gasteiger partial charge in [-0.1, -0.05) is 5.21 Å². The SMILES string of the molecule is CN(C)CCOC[C@@H]1CN(Cc2cnn(C)c2)Cc2nnn(C)c21. The lowest BCUT2D eigenvalue weighted by molar-refractivity contribution is 0.0834. The number of rotatable bonds is 7. The van der Waals surface area contributed by atoms with Gasteiger partial charge in [0.15, 0.2) is 0 Å². The average molecular weight is 333 g/mol. The van der Waals surface area contributed by atoms with E-state index in [1.54, 1.807) is 0 Å². The molecular weight excluding hydrogens is 306 g/mol. The third-order valence-electron chi connectivity index (χ3n) is 4.35. The van der Waals surface area contributed by atoms with Crippen LogP contribution in [0.5, 0.6) is 0 Å². The summed E-state index contributed by atoms with van der Waals surface area (Å²) >= 11 is 0. The summed E-state index contributed by atoms with van der Waals surface area (Å²) < 4.78 is 9.66. The van der Waals surface area contributed by atoms with E-state index in [1.165, 1.54) is 11.3 Å². The fraction of sp³-hybridized carbons (Fsp3) is 0.688. The molecule has 3 heterocycles. The Labute approximate surface area is 143 Å². The number of ether oxygens (including phenoxy) is 1. The van der Waals surface area contributed by atoms with Crippen LogP contribution in [0.3, 0.4) is 0 Å². The summed E-state index contributed by atoms with van der Waals surface area (Å²) in [5.74, 6) is 0.299. The standard InChI is InChI=1S/C16H27N7O/c1-20(2)5-6-24-12-14-10-23(9-13-7-17-21(3)8-13)11-15-16(14)22(4)19-18-15/h7-8,14H,5-6,9-12H2,1-4H3/t14-/m0/s1. The summed E-state index contributed by atoms with van der Waals surface area (Å²) in [5.41, 5.74) is 3.49. The first-order valence-electron chi connectivity index (χ1n) is 8.33. The van der Waals surface area contributed by atoms with Gasteiger partial charge < -0.3 is 9.64 Å². The predicted octanol–water partition coefficient (Wildman–Crippen LogP) is 0.226. The number of aromatic nitrogens is 5. The van der Waals surface area contributed by atoms with Gasteiger partial charge >= 0.3 is 0 Å². The first-order valence-corrected chi connectivity index (χ1v) is 8.33. The molecular formula is C16H27N7O. The first-order chi connectivity index (χ1) is 11.5. The topological polar surface area (TPSA) is 64.2 Å². The Kier molecular flexibility index (Phi) is 5.27. The molecule has 0 fully saturated rings. The second kappa shape index (κ2) is 7.42. The summed E-state index contributed by atoms with van der Waals surface area (Å²) in [5, 5.41) is 12.8. The number of aryl methyl sites for hydroxylation is 2. The summed E-state index contributed by atoms with van der Waals surface area (Å²) in [4.78, 5) is 4.53. The van der Waals surface area contributed by atoms with E-state index in [2.05, 4.69) is 45.5 Å². The first kappa shape index (κ1) is 17.1. The van der Waals surface area contributed by atoms with E-state index < -0.39 is 0 Å². The highest BCUT2D eigenvalue weighted by Crippen LogP contribution is 2.27. The van der Waals surface area contributed by atoms with E-state index in [-0.39, 0.29) is 0 Å². The smallest absolute Gasteiger partial charge is 0.100 e. The quantitative estimate of drug-likeness (QED) is 0.676. The Bertz CT molecular complexity index is 663. The van der Waals surface area contributed by atoms with Crippen LogP contribution in [0.4, 0.5) is 0 Å². The van der Waals surface area contributed by atoms with E-state index in [1.807, 2.05) is 29.7 Å². The van der Waals surface area contributed by atoms with Gasteiger partial charge in [0, 0.05) is 58.0 Å². The Balaban J connectivity index is 1.65. The molecule has 1 atom stereocenters. The number of hydrogen-bond donors (Lipinski definition) is 0. The zero-order valence-electron chi connectivity index (χ0n) is 15.0. The van der Waals surface area contributed by atoms with Gasteiger partial charge in [-0.25, -0.2) is 0 Å². The van der Waals surface area contributed by atoms with Crippen LogP contribution in [0.15, 0.2) is 12.4 Å². The summed E-state index contributed by atoms with van der Waals surface area (Å²) in [6.45, 7) is 5.02. The molecule has 3 rings (SSSR count). The van der Waals surface area contributed by atoms with Crippen molar-refractivity contribution in [1.82, 2.24) is 34.6 Å². The van der Waals surface area contributed by atoms with Crippen LogP contribution in [0.25, 0.3) is 0 Å². The fourth-order valence-electron chi connectivity index (χ4n) is 3.23. The maximum atomic E-state index is 5.91. The second-order valence-corrected chi connectivity index (χ2v) is 6.81. The zero-order chi connectivity index (χ0) is 17.1. The molecule has 0 saturated heterocycles. The van der Waals surface area contributed by atoms with Crippen LogP contribution in [-0.2, 0) is 31.9 Å². The van der Waals surface area contributed by atoms with E-state index in [9.17, 15) is 0 Å². The molecule has 8 nitrogen and oxygen atoms in total. The lowest BCUT2D eigenvalue weighted by Crippen LogP contribution is -2.36. The van der Waals surface area contributed by atoms with Gasteiger partial charge in [-0.05, 0) is 14.1 Å². The molecule has 0 amide bonds. The van der Waals surface area contributed by atoms with Crippen LogP contribution in [-0.4, -0.2) is 75.0 Å². The van der Waals surface area contributed by atoms with Crippen LogP contribution < -0.4 is 0 Å². The molecule has 0 N–H and O–H groups in total. The molecule has 0 bridgehead atoms. The average Bonchev–Trinajstić information content (AvgIpc) is 3.10. The summed E-state index contributed by atoms with van der Waals surface area (Å²) in [6.07, 6.45) is 3.99. The molecule has 132 valence electrons. The van der Waals surface area contributed by atoms with Crippen molar-refractivity contribution in [3.05, 3.63) is 29.3 Å². The van der Waals surface area contributed by atoms with Crippen LogP contribution in [0.1, 0.15) is 22.9 Å². The number of nitrogens with zero attached hydrogens (tertiary/aromatic N) is 7. The molecule has 0 spiro atoms. The molecule has 1 aliphatic heterocycles. The minimum Gasteiger partial charge on any atom is -0.379 e. The molecule has 0 aromatic carbocycles. The summed E-state index contributed by atoms with van der Waals surface area (Å²) in [6, 6.07) is 0. The third kappa shape index (κ3) is 4.00. The van der Waals surface area contributed by atoms with Crippen molar-refractivity contribution in [3.63, 3.8) is 0 Å². The van der Waals surface area contributed by atoms with Gasteiger partial charge in [0.25, 0.3) is 0 Å². The highest BCUT2D eigenvalue weighted by molar-refractivity contribution is 5.20. The molecule has 8 heteroatoms. The van der Waals surface area contributed by atoms with Crippen molar-refractivity contribution in [3.8, 4) is 0 Å². The maximum Gasteiger partial charge on any atom is 0.100 e. The molecule has 2 aromatic rings. The van der Waals surface area contributed by atoms with Crippen molar-refractivity contribution in [2.45, 2.75) is 19.0 Å². The zero-order valence-corrected chi connectivity index (χ0v) is 15.0. The molecule has 0 saturated carbocycles. The van der Waals surface area contributed by atoms with Gasteiger partial charge in [-0.2, -0.15) is 5.10 Å². The lowest BCUT2D eigenvalue weighted by Gasteiger charge is -2.31. The molecule has 1 aliphatic rings. The van der Waals surface area contributed by atoms with Gasteiger partial charge in [-0.3, -0.25) is 14.3 Å². The molecule has 0 radical (unpaired) electrons. The number of fused-ring (bicyclic) bond motifs is 1. The Morgan fingerprint density at radius 3 is 2.88 bits per heavy atom. The van der Waals surface area contributed by atoms with E-state index in [0.717, 1.165) is 38.5 Å². The van der Waals surface area contributed by atoms with E-state index >= 15 is 0 Å². The van der Waals surface area contributed by atoms with Crippen molar-refractivity contribution in [1.29, 1.82) is 0 Å². The van der Waals surface area contributed by atoms with Crippen molar-refractivity contribution in [2.24, 2.45) is 14.1 Å². The highest BCUT2D eigenvalue weighted by atomic mass is 16.5. The van der Waals surface area contributed by atoms with Gasteiger partial charge in [0.05, 0.1) is 25.1 Å². The molecule has 0 unspecified atom stereocenters. The maximum absolute atomic E-state index is 5.91. The number of likely N-dealkylation sites (N-methyl/N-ethyl adjacent to an activating group) is 1. The second-order valence-electron chi connectivity index (χ2n) is 6.81. The normalized spacial score (nSPS) is 18.3. The van der Waals surface area contributed by atoms with Gasteiger partial charge in [0.2, 0.25) is 0 Å². The van der Waals surface area contributed by atoms with Crippen molar-refractivity contribution < 1.29 is 4.74 Å². The Morgan fingerprint density at radius 1 is 1.33 bits per heavy atom. The molecule has 2 aromatic heterocycles. The lowest BCUT2D eigenvalue weighted by atomic mass is 9.98. The Hall–Kier alpha value is -1.77. The minimum absolute atomic E-state index is 0.299. The Morgan fingerprint density at radius 2 is 2.17 bits per heavy atom. The summed E-state index contributed by atoms with van der Waals surface area (Å²) in [7, 11) is 8.03. The van der Waals surface area contributed by atoms with Crippen LogP contribution in [0.2, 0.25) is 0 Å².